The molecule has 6 heteroatoms. The standard InChI is InChI=1S/C12H21O6/c1-2-3-4-5-6-17-11-10(15)9(14)8(7-13)18-12(11)16/h5-6,8-15H,2-4,7H2,1H3/q-1/b6-5+/t8-,9-,10+,11-,12-/m1/s1. The second kappa shape index (κ2) is 7.70. The molecule has 5 atom stereocenters. The van der Waals surface area contributed by atoms with E-state index in [2.05, 4.69) is 6.92 Å². The van der Waals surface area contributed by atoms with Crippen LogP contribution in [0.25, 0.3) is 0 Å². The molecule has 0 bridgehead atoms. The van der Waals surface area contributed by atoms with Gasteiger partial charge in [0.15, 0.2) is 0 Å². The zero-order valence-electron chi connectivity index (χ0n) is 10.4. The minimum absolute atomic E-state index is 0.518. The Bertz CT molecular complexity index is 257. The van der Waals surface area contributed by atoms with Crippen molar-refractivity contribution < 1.29 is 29.9 Å². The van der Waals surface area contributed by atoms with E-state index in [1.54, 1.807) is 6.08 Å². The zero-order chi connectivity index (χ0) is 13.5. The fourth-order valence-corrected chi connectivity index (χ4v) is 1.74. The molecule has 1 rings (SSSR count). The van der Waals surface area contributed by atoms with Crippen LogP contribution >= 0.6 is 0 Å². The van der Waals surface area contributed by atoms with Gasteiger partial charge in [0.1, 0.15) is 24.4 Å². The quantitative estimate of drug-likeness (QED) is 0.413. The molecule has 1 fully saturated rings. The first kappa shape index (κ1) is 15.4. The number of rotatable bonds is 6. The van der Waals surface area contributed by atoms with Gasteiger partial charge in [-0.2, -0.15) is 0 Å². The lowest BCUT2D eigenvalue weighted by Gasteiger charge is -2.44. The van der Waals surface area contributed by atoms with Crippen LogP contribution in [0, 0.1) is 0 Å². The predicted molar refractivity (Wildman–Crippen MR) is 61.3 cm³/mol. The molecule has 18 heavy (non-hydrogen) atoms. The molecule has 1 aliphatic rings. The van der Waals surface area contributed by atoms with E-state index in [0.717, 1.165) is 19.3 Å². The molecule has 1 heterocycles. The summed E-state index contributed by atoms with van der Waals surface area (Å²) in [6, 6.07) is 0. The largest absolute Gasteiger partial charge is 0.828 e. The van der Waals surface area contributed by atoms with Crippen molar-refractivity contribution in [1.29, 1.82) is 0 Å². The first-order valence-electron chi connectivity index (χ1n) is 6.20. The number of ether oxygens (including phenoxy) is 2. The maximum atomic E-state index is 11.6. The number of hydrogen-bond donors (Lipinski definition) is 3. The van der Waals surface area contributed by atoms with E-state index in [-0.39, 0.29) is 0 Å². The molecular formula is C12H21O6-. The Kier molecular flexibility index (Phi) is 6.59. The van der Waals surface area contributed by atoms with Crippen molar-refractivity contribution >= 4 is 0 Å². The van der Waals surface area contributed by atoms with Gasteiger partial charge < -0.3 is 29.9 Å². The summed E-state index contributed by atoms with van der Waals surface area (Å²) in [4.78, 5) is 0. The molecule has 6 nitrogen and oxygen atoms in total. The second-order valence-corrected chi connectivity index (χ2v) is 4.32. The van der Waals surface area contributed by atoms with Crippen LogP contribution in [0.1, 0.15) is 26.2 Å². The molecule has 0 aliphatic carbocycles. The molecule has 1 aliphatic heterocycles. The number of unbranched alkanes of at least 4 members (excludes halogenated alkanes) is 2. The van der Waals surface area contributed by atoms with E-state index in [4.69, 9.17) is 14.6 Å². The number of hydrogen-bond acceptors (Lipinski definition) is 6. The van der Waals surface area contributed by atoms with Crippen LogP contribution in [0.4, 0.5) is 0 Å². The van der Waals surface area contributed by atoms with Gasteiger partial charge in [-0.25, -0.2) is 0 Å². The van der Waals surface area contributed by atoms with E-state index in [0.29, 0.717) is 0 Å². The Morgan fingerprint density at radius 1 is 1.33 bits per heavy atom. The molecule has 0 spiro atoms. The van der Waals surface area contributed by atoms with Crippen molar-refractivity contribution in [1.82, 2.24) is 0 Å². The first-order valence-corrected chi connectivity index (χ1v) is 6.20. The van der Waals surface area contributed by atoms with E-state index in [1.165, 1.54) is 6.26 Å². The molecule has 0 aromatic rings. The van der Waals surface area contributed by atoms with Crippen molar-refractivity contribution in [2.24, 2.45) is 0 Å². The van der Waals surface area contributed by atoms with E-state index in [9.17, 15) is 15.3 Å². The fourth-order valence-electron chi connectivity index (χ4n) is 1.74. The monoisotopic (exact) mass is 261 g/mol. The lowest BCUT2D eigenvalue weighted by molar-refractivity contribution is -0.532. The summed E-state index contributed by atoms with van der Waals surface area (Å²) in [5.74, 6) is 0. The lowest BCUT2D eigenvalue weighted by Crippen LogP contribution is -2.62. The third-order valence-corrected chi connectivity index (χ3v) is 2.88. The average Bonchev–Trinajstić information content (AvgIpc) is 2.37. The van der Waals surface area contributed by atoms with Crippen molar-refractivity contribution in [3.63, 3.8) is 0 Å². The molecule has 0 aromatic heterocycles. The maximum absolute atomic E-state index is 11.6. The predicted octanol–water partition coefficient (Wildman–Crippen LogP) is -1.13. The Balaban J connectivity index is 2.47. The molecule has 106 valence electrons. The summed E-state index contributed by atoms with van der Waals surface area (Å²) < 4.78 is 9.94. The van der Waals surface area contributed by atoms with Gasteiger partial charge in [0.25, 0.3) is 0 Å². The van der Waals surface area contributed by atoms with E-state index < -0.39 is 37.3 Å². The zero-order valence-corrected chi connectivity index (χ0v) is 10.4. The molecule has 0 unspecified atom stereocenters. The maximum Gasteiger partial charge on any atom is 0.137 e. The Morgan fingerprint density at radius 3 is 2.67 bits per heavy atom. The summed E-state index contributed by atoms with van der Waals surface area (Å²) in [6.45, 7) is 1.54. The Morgan fingerprint density at radius 2 is 2.06 bits per heavy atom. The van der Waals surface area contributed by atoms with Gasteiger partial charge in [-0.05, 0) is 18.9 Å². The highest BCUT2D eigenvalue weighted by molar-refractivity contribution is 4.90. The van der Waals surface area contributed by atoms with E-state index >= 15 is 0 Å². The first-order chi connectivity index (χ1) is 8.61. The van der Waals surface area contributed by atoms with Gasteiger partial charge in [-0.3, -0.25) is 0 Å². The highest BCUT2D eigenvalue weighted by atomic mass is 16.7. The summed E-state index contributed by atoms with van der Waals surface area (Å²) in [5.41, 5.74) is 0. The lowest BCUT2D eigenvalue weighted by atomic mass is 9.99. The third kappa shape index (κ3) is 3.93. The Hall–Kier alpha value is -0.660. The van der Waals surface area contributed by atoms with Crippen molar-refractivity contribution in [3.8, 4) is 0 Å². The van der Waals surface area contributed by atoms with Gasteiger partial charge in [0.2, 0.25) is 0 Å². The molecule has 0 amide bonds. The van der Waals surface area contributed by atoms with Gasteiger partial charge >= 0.3 is 0 Å². The van der Waals surface area contributed by atoms with Crippen molar-refractivity contribution in [2.45, 2.75) is 56.9 Å². The molecule has 3 N–H and O–H groups in total. The van der Waals surface area contributed by atoms with Crippen LogP contribution in [-0.4, -0.2) is 52.6 Å². The summed E-state index contributed by atoms with van der Waals surface area (Å²) in [6.07, 6.45) is -0.546. The van der Waals surface area contributed by atoms with E-state index in [1.807, 2.05) is 0 Å². The molecule has 1 saturated heterocycles. The SMILES string of the molecule is CCCC/C=C/O[C@@H]1[C@@H](O)[C@H](O)[C@@H](CO)O[C@H]1[O-]. The van der Waals surface area contributed by atoms with Crippen molar-refractivity contribution in [2.75, 3.05) is 6.61 Å². The van der Waals surface area contributed by atoms with Crippen LogP contribution in [0.15, 0.2) is 12.3 Å². The van der Waals surface area contributed by atoms with Crippen LogP contribution in [0.2, 0.25) is 0 Å². The number of aliphatic hydroxyl groups excluding tert-OH is 3. The van der Waals surface area contributed by atoms with Gasteiger partial charge in [0, 0.05) is 6.29 Å². The minimum atomic E-state index is -1.63. The van der Waals surface area contributed by atoms with Crippen molar-refractivity contribution in [3.05, 3.63) is 12.3 Å². The summed E-state index contributed by atoms with van der Waals surface area (Å²) in [7, 11) is 0. The molecule has 0 saturated carbocycles. The van der Waals surface area contributed by atoms with Crippen LogP contribution in [0.5, 0.6) is 0 Å². The second-order valence-electron chi connectivity index (χ2n) is 4.32. The topological polar surface area (TPSA) is 102 Å². The number of allylic oxidation sites excluding steroid dienone is 1. The normalized spacial score (nSPS) is 37.1. The van der Waals surface area contributed by atoms with Crippen LogP contribution < -0.4 is 5.11 Å². The van der Waals surface area contributed by atoms with Crippen LogP contribution in [-0.2, 0) is 9.47 Å². The average molecular weight is 261 g/mol. The number of aliphatic hydroxyl groups is 3. The highest BCUT2D eigenvalue weighted by Crippen LogP contribution is 2.21. The van der Waals surface area contributed by atoms with Crippen LogP contribution in [0.3, 0.4) is 0 Å². The molecular weight excluding hydrogens is 240 g/mol. The summed E-state index contributed by atoms with van der Waals surface area (Å²) in [5, 5.41) is 39.7. The molecule has 0 aromatic carbocycles. The third-order valence-electron chi connectivity index (χ3n) is 2.88. The fraction of sp³-hybridized carbons (Fsp3) is 0.833. The Labute approximate surface area is 106 Å². The minimum Gasteiger partial charge on any atom is -0.828 e. The van der Waals surface area contributed by atoms with Gasteiger partial charge in [-0.1, -0.05) is 13.3 Å². The van der Waals surface area contributed by atoms with Gasteiger partial charge in [0.05, 0.1) is 12.9 Å². The smallest absolute Gasteiger partial charge is 0.137 e. The summed E-state index contributed by atoms with van der Waals surface area (Å²) >= 11 is 0. The highest BCUT2D eigenvalue weighted by Gasteiger charge is 2.40. The molecule has 0 radical (unpaired) electrons. The van der Waals surface area contributed by atoms with Gasteiger partial charge in [-0.15, -0.1) is 0 Å².